The van der Waals surface area contributed by atoms with Crippen LogP contribution in [0.15, 0.2) is 42.9 Å². The number of hydrogen-bond donors (Lipinski definition) is 0. The largest absolute Gasteiger partial charge is 0.337 e. The molecule has 2 saturated heterocycles. The highest BCUT2D eigenvalue weighted by molar-refractivity contribution is 5.92. The summed E-state index contributed by atoms with van der Waals surface area (Å²) in [6.45, 7) is 4.82. The van der Waals surface area contributed by atoms with Gasteiger partial charge in [0.25, 0.3) is 5.91 Å². The third-order valence-electron chi connectivity index (χ3n) is 5.47. The molecular weight excluding hydrogens is 300 g/mol. The van der Waals surface area contributed by atoms with Crippen LogP contribution in [-0.4, -0.2) is 52.4 Å². The molecule has 1 aromatic heterocycles. The predicted molar refractivity (Wildman–Crippen MR) is 91.5 cm³/mol. The van der Waals surface area contributed by atoms with E-state index in [4.69, 9.17) is 0 Å². The van der Waals surface area contributed by atoms with E-state index < -0.39 is 0 Å². The molecule has 0 unspecified atom stereocenters. The van der Waals surface area contributed by atoms with Gasteiger partial charge in [0.2, 0.25) is 0 Å². The molecule has 3 heterocycles. The second-order valence-corrected chi connectivity index (χ2v) is 6.97. The maximum atomic E-state index is 12.7. The van der Waals surface area contributed by atoms with E-state index in [9.17, 15) is 4.79 Å². The van der Waals surface area contributed by atoms with Gasteiger partial charge in [-0.05, 0) is 31.0 Å². The molecule has 124 valence electrons. The summed E-state index contributed by atoms with van der Waals surface area (Å²) < 4.78 is 0. The van der Waals surface area contributed by atoms with Gasteiger partial charge in [-0.3, -0.25) is 14.7 Å². The minimum Gasteiger partial charge on any atom is -0.337 e. The Hall–Kier alpha value is -2.27. The fraction of sp³-hybridized carbons (Fsp3) is 0.421. The van der Waals surface area contributed by atoms with Gasteiger partial charge < -0.3 is 4.90 Å². The molecule has 2 aliphatic heterocycles. The molecule has 5 nitrogen and oxygen atoms in total. The number of carbonyl (C=O) groups excluding carboxylic acids is 1. The zero-order chi connectivity index (χ0) is 16.7. The van der Waals surface area contributed by atoms with E-state index in [-0.39, 0.29) is 5.91 Å². The van der Waals surface area contributed by atoms with Crippen LogP contribution in [-0.2, 0) is 0 Å². The second-order valence-electron chi connectivity index (χ2n) is 6.97. The highest BCUT2D eigenvalue weighted by Crippen LogP contribution is 2.44. The lowest BCUT2D eigenvalue weighted by molar-refractivity contribution is 0.0761. The monoisotopic (exact) mass is 322 g/mol. The molecule has 2 aromatic rings. The Labute approximate surface area is 142 Å². The summed E-state index contributed by atoms with van der Waals surface area (Å²) in [5.74, 6) is 1.01. The van der Waals surface area contributed by atoms with Crippen molar-refractivity contribution in [3.63, 3.8) is 0 Å². The van der Waals surface area contributed by atoms with Gasteiger partial charge in [0.05, 0.1) is 6.20 Å². The first-order chi connectivity index (χ1) is 11.6. The molecule has 0 saturated carbocycles. The topological polar surface area (TPSA) is 49.3 Å². The van der Waals surface area contributed by atoms with Crippen molar-refractivity contribution in [3.8, 4) is 0 Å². The third kappa shape index (κ3) is 2.49. The molecule has 0 bridgehead atoms. The zero-order valence-electron chi connectivity index (χ0n) is 14.1. The van der Waals surface area contributed by atoms with Crippen molar-refractivity contribution in [2.75, 3.05) is 26.7 Å². The van der Waals surface area contributed by atoms with Crippen molar-refractivity contribution in [1.29, 1.82) is 0 Å². The number of hydrogen-bond acceptors (Lipinski definition) is 4. The van der Waals surface area contributed by atoms with E-state index in [0.29, 0.717) is 23.6 Å². The molecule has 24 heavy (non-hydrogen) atoms. The van der Waals surface area contributed by atoms with Gasteiger partial charge in [-0.2, -0.15) is 0 Å². The highest BCUT2D eigenvalue weighted by atomic mass is 16.2. The summed E-state index contributed by atoms with van der Waals surface area (Å²) in [5.41, 5.74) is 3.16. The standard InChI is InChI=1S/C19H22N4O/c1-13-5-3-4-6-15(13)18-16-12-23(11-14(16)10-22(18)2)19(24)17-9-20-7-8-21-17/h3-9,14,16,18H,10-12H2,1-2H3/t14-,16+,18-/m0/s1. The molecule has 0 N–H and O–H groups in total. The summed E-state index contributed by atoms with van der Waals surface area (Å²) in [7, 11) is 2.20. The Morgan fingerprint density at radius 1 is 1.17 bits per heavy atom. The summed E-state index contributed by atoms with van der Waals surface area (Å²) in [5, 5.41) is 0. The van der Waals surface area contributed by atoms with Crippen LogP contribution in [0.2, 0.25) is 0 Å². The number of benzene rings is 1. The molecule has 4 rings (SSSR count). The maximum Gasteiger partial charge on any atom is 0.274 e. The summed E-state index contributed by atoms with van der Waals surface area (Å²) in [6, 6.07) is 8.99. The van der Waals surface area contributed by atoms with Gasteiger partial charge in [-0.25, -0.2) is 4.98 Å². The molecule has 0 aliphatic carbocycles. The highest BCUT2D eigenvalue weighted by Gasteiger charge is 2.47. The van der Waals surface area contributed by atoms with Gasteiger partial charge in [-0.1, -0.05) is 24.3 Å². The number of rotatable bonds is 2. The molecule has 0 radical (unpaired) electrons. The van der Waals surface area contributed by atoms with E-state index in [1.807, 2.05) is 4.90 Å². The Morgan fingerprint density at radius 2 is 2.00 bits per heavy atom. The molecule has 1 aromatic carbocycles. The molecule has 0 spiro atoms. The van der Waals surface area contributed by atoms with Crippen LogP contribution in [0.1, 0.15) is 27.7 Å². The van der Waals surface area contributed by atoms with Crippen LogP contribution in [0, 0.1) is 18.8 Å². The molecule has 2 fully saturated rings. The minimum absolute atomic E-state index is 0.00341. The number of nitrogens with zero attached hydrogens (tertiary/aromatic N) is 4. The van der Waals surface area contributed by atoms with Crippen molar-refractivity contribution < 1.29 is 4.79 Å². The van der Waals surface area contributed by atoms with Crippen molar-refractivity contribution in [1.82, 2.24) is 19.8 Å². The van der Waals surface area contributed by atoms with Crippen molar-refractivity contribution >= 4 is 5.91 Å². The zero-order valence-corrected chi connectivity index (χ0v) is 14.1. The lowest BCUT2D eigenvalue weighted by Crippen LogP contribution is -2.34. The minimum atomic E-state index is 0.00341. The quantitative estimate of drug-likeness (QED) is 0.850. The third-order valence-corrected chi connectivity index (χ3v) is 5.47. The Morgan fingerprint density at radius 3 is 2.75 bits per heavy atom. The molecule has 2 aliphatic rings. The fourth-order valence-corrected chi connectivity index (χ4v) is 4.38. The first kappa shape index (κ1) is 15.3. The van der Waals surface area contributed by atoms with Crippen LogP contribution in [0.25, 0.3) is 0 Å². The van der Waals surface area contributed by atoms with Gasteiger partial charge in [-0.15, -0.1) is 0 Å². The van der Waals surface area contributed by atoms with E-state index in [2.05, 4.69) is 53.1 Å². The summed E-state index contributed by atoms with van der Waals surface area (Å²) in [6.07, 6.45) is 4.73. The maximum absolute atomic E-state index is 12.7. The summed E-state index contributed by atoms with van der Waals surface area (Å²) >= 11 is 0. The first-order valence-corrected chi connectivity index (χ1v) is 8.46. The average Bonchev–Trinajstić information content (AvgIpc) is 3.12. The SMILES string of the molecule is Cc1ccccc1[C@H]1[C@@H]2CN(C(=O)c3cnccn3)C[C@@H]2CN1C. The molecule has 1 amide bonds. The first-order valence-electron chi connectivity index (χ1n) is 8.46. The van der Waals surface area contributed by atoms with Crippen LogP contribution >= 0.6 is 0 Å². The number of aryl methyl sites for hydroxylation is 1. The van der Waals surface area contributed by atoms with E-state index >= 15 is 0 Å². The predicted octanol–water partition coefficient (Wildman–Crippen LogP) is 2.16. The molecule has 3 atom stereocenters. The smallest absolute Gasteiger partial charge is 0.274 e. The van der Waals surface area contributed by atoms with E-state index in [1.54, 1.807) is 18.6 Å². The Balaban J connectivity index is 1.57. The van der Waals surface area contributed by atoms with Crippen molar-refractivity contribution in [2.45, 2.75) is 13.0 Å². The van der Waals surface area contributed by atoms with Crippen molar-refractivity contribution in [3.05, 3.63) is 59.7 Å². The number of likely N-dealkylation sites (tertiary alicyclic amines) is 2. The Bertz CT molecular complexity index is 748. The van der Waals surface area contributed by atoms with Crippen LogP contribution < -0.4 is 0 Å². The molecule has 5 heteroatoms. The van der Waals surface area contributed by atoms with Crippen LogP contribution in [0.3, 0.4) is 0 Å². The van der Waals surface area contributed by atoms with Crippen LogP contribution in [0.5, 0.6) is 0 Å². The van der Waals surface area contributed by atoms with Gasteiger partial charge in [0.1, 0.15) is 5.69 Å². The van der Waals surface area contributed by atoms with E-state index in [1.165, 1.54) is 11.1 Å². The lowest BCUT2D eigenvalue weighted by Gasteiger charge is -2.28. The van der Waals surface area contributed by atoms with Gasteiger partial charge in [0.15, 0.2) is 0 Å². The fourth-order valence-electron chi connectivity index (χ4n) is 4.38. The van der Waals surface area contributed by atoms with Crippen LogP contribution in [0.4, 0.5) is 0 Å². The normalized spacial score (nSPS) is 26.6. The second kappa shape index (κ2) is 5.98. The summed E-state index contributed by atoms with van der Waals surface area (Å²) in [4.78, 5) is 25.3. The van der Waals surface area contributed by atoms with E-state index in [0.717, 1.165) is 19.6 Å². The Kier molecular flexibility index (Phi) is 3.81. The number of fused-ring (bicyclic) bond motifs is 1. The average molecular weight is 322 g/mol. The number of carbonyl (C=O) groups is 1. The van der Waals surface area contributed by atoms with Gasteiger partial charge in [0, 0.05) is 44.0 Å². The van der Waals surface area contributed by atoms with Crippen molar-refractivity contribution in [2.24, 2.45) is 11.8 Å². The number of aromatic nitrogens is 2. The molecular formula is C19H22N4O. The van der Waals surface area contributed by atoms with Gasteiger partial charge >= 0.3 is 0 Å². The lowest BCUT2D eigenvalue weighted by atomic mass is 9.88. The number of amides is 1.